The number of amides is 2. The average molecular weight is 425 g/mol. The van der Waals surface area contributed by atoms with Crippen molar-refractivity contribution in [1.82, 2.24) is 5.32 Å². The van der Waals surface area contributed by atoms with Crippen molar-refractivity contribution in [2.75, 3.05) is 36.5 Å². The van der Waals surface area contributed by atoms with Crippen LogP contribution in [0.15, 0.2) is 42.5 Å². The summed E-state index contributed by atoms with van der Waals surface area (Å²) in [6.45, 7) is 9.19. The second-order valence-corrected chi connectivity index (χ2v) is 6.59. The second-order valence-electron chi connectivity index (χ2n) is 6.18. The maximum absolute atomic E-state index is 12.1. The second kappa shape index (κ2) is 12.4. The minimum absolute atomic E-state index is 0. The third kappa shape index (κ3) is 7.13. The molecule has 7 heteroatoms. The third-order valence-corrected chi connectivity index (χ3v) is 4.60. The van der Waals surface area contributed by atoms with Gasteiger partial charge in [0.2, 0.25) is 0 Å². The Labute approximate surface area is 178 Å². The van der Waals surface area contributed by atoms with Crippen molar-refractivity contribution < 1.29 is 21.9 Å². The maximum Gasteiger partial charge on any atom is 0.319 e. The van der Waals surface area contributed by atoms with Crippen LogP contribution in [0.3, 0.4) is 0 Å². The standard InChI is InChI=1S/C21H28ClN3O2.ClH/c1-4-25(5-2)17-11-12-19(16(3)15-17)24-21(26)23-13-8-14-27-20-10-7-6-9-18(20)22;/h6-7,9-12,15H,4-5,8,13-14H2,1-3H3,(H2,23,24,26);1H/p-1. The molecule has 2 amide bonds. The number of benzene rings is 2. The molecule has 0 fully saturated rings. The molecule has 28 heavy (non-hydrogen) atoms. The molecule has 2 N–H and O–H groups in total. The Bertz CT molecular complexity index is 752. The molecular formula is C21H28Cl2N3O2-. The number of urea groups is 1. The van der Waals surface area contributed by atoms with Crippen LogP contribution in [0.5, 0.6) is 5.75 Å². The van der Waals surface area contributed by atoms with Crippen LogP contribution >= 0.6 is 11.6 Å². The van der Waals surface area contributed by atoms with Crippen LogP contribution in [0.1, 0.15) is 25.8 Å². The normalized spacial score (nSPS) is 10.0. The highest BCUT2D eigenvalue weighted by molar-refractivity contribution is 6.32. The number of carbonyl (C=O) groups is 1. The minimum Gasteiger partial charge on any atom is -1.00 e. The molecule has 0 aliphatic carbocycles. The average Bonchev–Trinajstić information content (AvgIpc) is 2.66. The van der Waals surface area contributed by atoms with Gasteiger partial charge in [-0.3, -0.25) is 0 Å². The first kappa shape index (κ1) is 23.9. The van der Waals surface area contributed by atoms with E-state index in [4.69, 9.17) is 16.3 Å². The molecule has 2 aromatic carbocycles. The number of nitrogens with zero attached hydrogens (tertiary/aromatic N) is 1. The smallest absolute Gasteiger partial charge is 0.319 e. The lowest BCUT2D eigenvalue weighted by atomic mass is 10.1. The van der Waals surface area contributed by atoms with Crippen molar-refractivity contribution in [3.8, 4) is 5.75 Å². The van der Waals surface area contributed by atoms with E-state index < -0.39 is 0 Å². The first-order chi connectivity index (χ1) is 13.0. The van der Waals surface area contributed by atoms with E-state index >= 15 is 0 Å². The summed E-state index contributed by atoms with van der Waals surface area (Å²) in [7, 11) is 0. The molecule has 2 rings (SSSR count). The molecule has 0 bridgehead atoms. The molecule has 0 saturated carbocycles. The van der Waals surface area contributed by atoms with Gasteiger partial charge in [0.15, 0.2) is 0 Å². The van der Waals surface area contributed by atoms with Crippen LogP contribution in [-0.4, -0.2) is 32.3 Å². The lowest BCUT2D eigenvalue weighted by Crippen LogP contribution is -3.00. The lowest BCUT2D eigenvalue weighted by molar-refractivity contribution is -0.00000922. The number of rotatable bonds is 9. The van der Waals surface area contributed by atoms with Crippen LogP contribution in [0.2, 0.25) is 5.02 Å². The monoisotopic (exact) mass is 424 g/mol. The molecule has 0 aromatic heterocycles. The van der Waals surface area contributed by atoms with E-state index in [1.165, 1.54) is 5.69 Å². The van der Waals surface area contributed by atoms with Crippen molar-refractivity contribution in [3.63, 3.8) is 0 Å². The van der Waals surface area contributed by atoms with Gasteiger partial charge in [-0.2, -0.15) is 0 Å². The number of halogens is 2. The Balaban J connectivity index is 0.00000392. The molecule has 0 aliphatic heterocycles. The molecule has 0 aliphatic rings. The minimum atomic E-state index is -0.216. The first-order valence-corrected chi connectivity index (χ1v) is 9.70. The van der Waals surface area contributed by atoms with Gasteiger partial charge >= 0.3 is 6.03 Å². The zero-order chi connectivity index (χ0) is 19.6. The molecule has 0 heterocycles. The van der Waals surface area contributed by atoms with Crippen LogP contribution < -0.4 is 32.7 Å². The van der Waals surface area contributed by atoms with Crippen LogP contribution in [0.4, 0.5) is 16.2 Å². The number of hydrogen-bond acceptors (Lipinski definition) is 3. The van der Waals surface area contributed by atoms with Gasteiger partial charge in [-0.25, -0.2) is 4.79 Å². The van der Waals surface area contributed by atoms with Gasteiger partial charge in [0.1, 0.15) is 5.75 Å². The Morgan fingerprint density at radius 3 is 2.50 bits per heavy atom. The molecule has 0 atom stereocenters. The predicted octanol–water partition coefficient (Wildman–Crippen LogP) is 2.09. The van der Waals surface area contributed by atoms with Gasteiger partial charge in [-0.15, -0.1) is 0 Å². The molecule has 0 unspecified atom stereocenters. The molecule has 0 radical (unpaired) electrons. The Hall–Kier alpha value is -2.11. The van der Waals surface area contributed by atoms with E-state index in [-0.39, 0.29) is 18.4 Å². The third-order valence-electron chi connectivity index (χ3n) is 4.29. The largest absolute Gasteiger partial charge is 1.00 e. The van der Waals surface area contributed by atoms with E-state index in [0.717, 1.165) is 24.3 Å². The number of anilines is 2. The van der Waals surface area contributed by atoms with Crippen molar-refractivity contribution in [2.45, 2.75) is 27.2 Å². The fourth-order valence-corrected chi connectivity index (χ4v) is 2.95. The summed E-state index contributed by atoms with van der Waals surface area (Å²) in [5.41, 5.74) is 3.02. The van der Waals surface area contributed by atoms with Crippen molar-refractivity contribution >= 4 is 29.0 Å². The summed E-state index contributed by atoms with van der Waals surface area (Å²) >= 11 is 6.03. The first-order valence-electron chi connectivity index (χ1n) is 9.33. The van der Waals surface area contributed by atoms with E-state index in [1.807, 2.05) is 37.3 Å². The maximum atomic E-state index is 12.1. The highest BCUT2D eigenvalue weighted by Crippen LogP contribution is 2.23. The quantitative estimate of drug-likeness (QED) is 0.605. The lowest BCUT2D eigenvalue weighted by Gasteiger charge is -2.22. The number of aryl methyl sites for hydroxylation is 1. The van der Waals surface area contributed by atoms with Gasteiger partial charge in [0, 0.05) is 31.0 Å². The number of carbonyl (C=O) groups excluding carboxylic acids is 1. The molecule has 2 aromatic rings. The van der Waals surface area contributed by atoms with Crippen LogP contribution in [-0.2, 0) is 0 Å². The summed E-state index contributed by atoms with van der Waals surface area (Å²) in [5.74, 6) is 0.660. The predicted molar refractivity (Wildman–Crippen MR) is 113 cm³/mol. The van der Waals surface area contributed by atoms with Gasteiger partial charge in [0.25, 0.3) is 0 Å². The fraction of sp³-hybridized carbons (Fsp3) is 0.381. The molecule has 0 saturated heterocycles. The summed E-state index contributed by atoms with van der Waals surface area (Å²) < 4.78 is 5.60. The van der Waals surface area contributed by atoms with Gasteiger partial charge in [0.05, 0.1) is 11.6 Å². The summed E-state index contributed by atoms with van der Waals surface area (Å²) in [4.78, 5) is 14.4. The van der Waals surface area contributed by atoms with Crippen LogP contribution in [0.25, 0.3) is 0 Å². The number of hydrogen-bond donors (Lipinski definition) is 2. The van der Waals surface area contributed by atoms with Crippen LogP contribution in [0, 0.1) is 6.92 Å². The summed E-state index contributed by atoms with van der Waals surface area (Å²) in [5, 5.41) is 6.33. The zero-order valence-corrected chi connectivity index (χ0v) is 18.1. The summed E-state index contributed by atoms with van der Waals surface area (Å²) in [6, 6.07) is 13.2. The Kier molecular flexibility index (Phi) is 10.6. The zero-order valence-electron chi connectivity index (χ0n) is 16.6. The topological polar surface area (TPSA) is 53.6 Å². The molecule has 0 spiro atoms. The SMILES string of the molecule is CCN(CC)c1ccc(NC(=O)NCCCOc2ccccc2Cl)c(C)c1.[Cl-]. The van der Waals surface area contributed by atoms with Gasteiger partial charge in [-0.05, 0) is 63.1 Å². The number of nitrogens with one attached hydrogen (secondary N) is 2. The van der Waals surface area contributed by atoms with Crippen molar-refractivity contribution in [2.24, 2.45) is 0 Å². The number of ether oxygens (including phenoxy) is 1. The van der Waals surface area contributed by atoms with E-state index in [9.17, 15) is 4.79 Å². The number of para-hydroxylation sites is 1. The molecule has 5 nitrogen and oxygen atoms in total. The van der Waals surface area contributed by atoms with Gasteiger partial charge < -0.3 is 32.7 Å². The Morgan fingerprint density at radius 2 is 1.86 bits per heavy atom. The van der Waals surface area contributed by atoms with E-state index in [1.54, 1.807) is 6.07 Å². The Morgan fingerprint density at radius 1 is 1.14 bits per heavy atom. The molecular weight excluding hydrogens is 397 g/mol. The van der Waals surface area contributed by atoms with Gasteiger partial charge in [-0.1, -0.05) is 23.7 Å². The highest BCUT2D eigenvalue weighted by atomic mass is 35.5. The fourth-order valence-electron chi connectivity index (χ4n) is 2.76. The van der Waals surface area contributed by atoms with Crippen molar-refractivity contribution in [3.05, 3.63) is 53.1 Å². The van der Waals surface area contributed by atoms with Crippen molar-refractivity contribution in [1.29, 1.82) is 0 Å². The van der Waals surface area contributed by atoms with E-state index in [2.05, 4.69) is 35.4 Å². The van der Waals surface area contributed by atoms with E-state index in [0.29, 0.717) is 30.3 Å². The summed E-state index contributed by atoms with van der Waals surface area (Å²) in [6.07, 6.45) is 0.693. The molecule has 154 valence electrons. The highest BCUT2D eigenvalue weighted by Gasteiger charge is 2.07.